The first-order valence-electron chi connectivity index (χ1n) is 7.45. The van der Waals surface area contributed by atoms with Crippen LogP contribution in [0.3, 0.4) is 0 Å². The van der Waals surface area contributed by atoms with Crippen LogP contribution in [-0.4, -0.2) is 57.8 Å². The average Bonchev–Trinajstić information content (AvgIpc) is 2.55. The molecule has 0 aliphatic rings. The topological polar surface area (TPSA) is 129 Å². The lowest BCUT2D eigenvalue weighted by Gasteiger charge is -2.20. The first-order valence-corrected chi connectivity index (χ1v) is 9.27. The van der Waals surface area contributed by atoms with Crippen molar-refractivity contribution < 1.29 is 31.5 Å². The summed E-state index contributed by atoms with van der Waals surface area (Å²) in [6, 6.07) is 3.02. The maximum absolute atomic E-state index is 12.4. The third-order valence-electron chi connectivity index (χ3n) is 3.18. The Morgan fingerprint density at radius 1 is 1.30 bits per heavy atom. The van der Waals surface area contributed by atoms with E-state index >= 15 is 0 Å². The first kappa shape index (κ1) is 22.1. The van der Waals surface area contributed by atoms with Crippen LogP contribution in [0.2, 0.25) is 0 Å². The maximum Gasteiger partial charge on any atom is 0.387 e. The summed E-state index contributed by atoms with van der Waals surface area (Å²) in [6.07, 6.45) is 1.35. The van der Waals surface area contributed by atoms with Crippen LogP contribution in [0.1, 0.15) is 5.56 Å². The second-order valence-electron chi connectivity index (χ2n) is 5.54. The summed E-state index contributed by atoms with van der Waals surface area (Å²) in [5.74, 6) is -2.88. The van der Waals surface area contributed by atoms with E-state index in [4.69, 9.17) is 5.26 Å². The van der Waals surface area contributed by atoms with Gasteiger partial charge in [-0.25, -0.2) is 13.2 Å². The Hall–Kier alpha value is -2.94. The molecule has 2 N–H and O–H groups in total. The molecule has 148 valence electrons. The molecule has 1 atom stereocenters. The normalized spacial score (nSPS) is 12.0. The van der Waals surface area contributed by atoms with Crippen LogP contribution in [0, 0.1) is 11.5 Å². The number of nitrogens with zero attached hydrogens (tertiary/aromatic N) is 2. The highest BCUT2D eigenvalue weighted by Gasteiger charge is 2.28. The number of hydrogen-bond acceptors (Lipinski definition) is 6. The molecule has 1 aromatic rings. The molecule has 0 aromatic heterocycles. The zero-order valence-corrected chi connectivity index (χ0v) is 15.3. The Morgan fingerprint density at radius 2 is 1.93 bits per heavy atom. The number of amides is 3. The van der Waals surface area contributed by atoms with E-state index in [9.17, 15) is 26.8 Å². The fraction of sp³-hybridized carbons (Fsp3) is 0.400. The Balaban J connectivity index is 3.02. The van der Waals surface area contributed by atoms with Gasteiger partial charge >= 0.3 is 12.6 Å². The minimum Gasteiger partial charge on any atom is -0.435 e. The van der Waals surface area contributed by atoms with Gasteiger partial charge in [0.2, 0.25) is 0 Å². The molecule has 0 radical (unpaired) electrons. The minimum atomic E-state index is -4.06. The van der Waals surface area contributed by atoms with E-state index in [0.717, 1.165) is 4.90 Å². The quantitative estimate of drug-likeness (QED) is 0.478. The lowest BCUT2D eigenvalue weighted by molar-refractivity contribution is -0.121. The molecule has 9 nitrogen and oxygen atoms in total. The molecule has 12 heteroatoms. The summed E-state index contributed by atoms with van der Waals surface area (Å²) >= 11 is 0. The molecule has 0 saturated carbocycles. The molecule has 0 fully saturated rings. The third kappa shape index (κ3) is 7.45. The number of nitrogens with one attached hydrogen (secondary N) is 2. The van der Waals surface area contributed by atoms with E-state index in [2.05, 4.69) is 10.1 Å². The van der Waals surface area contributed by atoms with Gasteiger partial charge in [0.1, 0.15) is 11.8 Å². The van der Waals surface area contributed by atoms with Gasteiger partial charge in [-0.2, -0.15) is 14.0 Å². The number of hydrogen-bond donors (Lipinski definition) is 2. The van der Waals surface area contributed by atoms with Crippen molar-refractivity contribution in [2.24, 2.45) is 0 Å². The van der Waals surface area contributed by atoms with E-state index in [1.54, 1.807) is 5.32 Å². The molecule has 3 amide bonds. The highest BCUT2D eigenvalue weighted by molar-refractivity contribution is 7.90. The Bertz CT molecular complexity index is 824. The van der Waals surface area contributed by atoms with Gasteiger partial charge in [-0.15, -0.1) is 0 Å². The number of rotatable bonds is 8. The predicted octanol–water partition coefficient (Wildman–Crippen LogP) is 0.440. The second-order valence-corrected chi connectivity index (χ2v) is 7.65. The first-order chi connectivity index (χ1) is 12.6. The van der Waals surface area contributed by atoms with Gasteiger partial charge in [-0.05, 0) is 6.07 Å². The minimum absolute atomic E-state index is 0.0313. The second kappa shape index (κ2) is 9.67. The van der Waals surface area contributed by atoms with Crippen molar-refractivity contribution >= 4 is 21.8 Å². The molecular weight excluding hydrogens is 386 g/mol. The zero-order valence-electron chi connectivity index (χ0n) is 14.5. The van der Waals surface area contributed by atoms with Crippen molar-refractivity contribution in [1.82, 2.24) is 15.5 Å². The summed E-state index contributed by atoms with van der Waals surface area (Å²) in [5, 5.41) is 12.5. The maximum atomic E-state index is 12.4. The summed E-state index contributed by atoms with van der Waals surface area (Å²) in [7, 11) is -1.30. The molecule has 0 unspecified atom stereocenters. The van der Waals surface area contributed by atoms with Gasteiger partial charge < -0.3 is 15.0 Å². The van der Waals surface area contributed by atoms with Crippen molar-refractivity contribution in [1.29, 1.82) is 5.26 Å². The summed E-state index contributed by atoms with van der Waals surface area (Å²) in [4.78, 5) is 24.7. The molecule has 0 saturated heterocycles. The number of para-hydroxylation sites is 1. The molecular formula is C15H18F2N4O5S. The monoisotopic (exact) mass is 404 g/mol. The van der Waals surface area contributed by atoms with Crippen LogP contribution in [0.25, 0.3) is 0 Å². The smallest absolute Gasteiger partial charge is 0.387 e. The number of ether oxygens (including phenoxy) is 1. The zero-order chi connectivity index (χ0) is 20.6. The molecule has 1 aromatic carbocycles. The van der Waals surface area contributed by atoms with Gasteiger partial charge in [0.15, 0.2) is 16.0 Å². The summed E-state index contributed by atoms with van der Waals surface area (Å²) < 4.78 is 54.0. The fourth-order valence-corrected chi connectivity index (χ4v) is 3.56. The van der Waals surface area contributed by atoms with Crippen molar-refractivity contribution in [2.45, 2.75) is 18.4 Å². The van der Waals surface area contributed by atoms with Crippen molar-refractivity contribution in [3.05, 3.63) is 29.8 Å². The van der Waals surface area contributed by atoms with Crippen molar-refractivity contribution in [3.8, 4) is 11.9 Å². The summed E-state index contributed by atoms with van der Waals surface area (Å²) in [5.41, 5.74) is -0.0313. The van der Waals surface area contributed by atoms with E-state index in [0.29, 0.717) is 0 Å². The Labute approximate surface area is 154 Å². The average molecular weight is 404 g/mol. The number of carbonyl (C=O) groups excluding carboxylic acids is 2. The van der Waals surface area contributed by atoms with Crippen LogP contribution in [0.5, 0.6) is 5.75 Å². The van der Waals surface area contributed by atoms with Crippen LogP contribution in [0.15, 0.2) is 24.3 Å². The van der Waals surface area contributed by atoms with Gasteiger partial charge in [0.05, 0.1) is 11.5 Å². The molecule has 0 aliphatic heterocycles. The molecule has 1 rings (SSSR count). The van der Waals surface area contributed by atoms with E-state index in [-0.39, 0.29) is 11.3 Å². The number of sulfone groups is 1. The van der Waals surface area contributed by atoms with Crippen LogP contribution in [-0.2, 0) is 20.4 Å². The number of halogens is 2. The third-order valence-corrected chi connectivity index (χ3v) is 4.78. The molecule has 0 aliphatic carbocycles. The SMILES string of the molecule is CN(C)C(=O)N[C@@H](CS(=O)(=O)Cc1ccccc1OC(F)F)C(=O)NC#N. The Morgan fingerprint density at radius 3 is 2.48 bits per heavy atom. The summed E-state index contributed by atoms with van der Waals surface area (Å²) in [6.45, 7) is -3.14. The van der Waals surface area contributed by atoms with E-state index in [1.807, 2.05) is 0 Å². The number of carbonyl (C=O) groups is 2. The van der Waals surface area contributed by atoms with Gasteiger partial charge in [-0.1, -0.05) is 18.2 Å². The highest BCUT2D eigenvalue weighted by atomic mass is 32.2. The number of alkyl halides is 2. The van der Waals surface area contributed by atoms with Crippen molar-refractivity contribution in [2.75, 3.05) is 19.8 Å². The predicted molar refractivity (Wildman–Crippen MR) is 90.3 cm³/mol. The molecule has 0 spiro atoms. The lowest BCUT2D eigenvalue weighted by atomic mass is 10.2. The molecule has 0 bridgehead atoms. The number of benzene rings is 1. The standard InChI is InChI=1S/C15H18F2N4O5S/c1-21(2)15(23)20-11(13(22)19-9-18)8-27(24,25)7-10-5-3-4-6-12(10)26-14(16)17/h3-6,11,14H,7-8H2,1-2H3,(H,19,22)(H,20,23)/t11-/m0/s1. The van der Waals surface area contributed by atoms with Crippen LogP contribution < -0.4 is 15.4 Å². The highest BCUT2D eigenvalue weighted by Crippen LogP contribution is 2.22. The molecule has 27 heavy (non-hydrogen) atoms. The van der Waals surface area contributed by atoms with Crippen molar-refractivity contribution in [3.63, 3.8) is 0 Å². The van der Waals surface area contributed by atoms with Gasteiger partial charge in [0.25, 0.3) is 5.91 Å². The Kier molecular flexibility index (Phi) is 7.92. The van der Waals surface area contributed by atoms with E-state index < -0.39 is 45.9 Å². The molecule has 0 heterocycles. The fourth-order valence-electron chi connectivity index (χ4n) is 1.99. The van der Waals surface area contributed by atoms with Crippen LogP contribution in [0.4, 0.5) is 13.6 Å². The number of nitriles is 1. The number of urea groups is 1. The lowest BCUT2D eigenvalue weighted by Crippen LogP contribution is -2.52. The van der Waals surface area contributed by atoms with Gasteiger partial charge in [-0.3, -0.25) is 10.1 Å². The van der Waals surface area contributed by atoms with Crippen LogP contribution >= 0.6 is 0 Å². The van der Waals surface area contributed by atoms with Gasteiger partial charge in [0, 0.05) is 19.7 Å². The van der Waals surface area contributed by atoms with E-state index in [1.165, 1.54) is 44.6 Å². The largest absolute Gasteiger partial charge is 0.435 e.